The third kappa shape index (κ3) is 2.39. The van der Waals surface area contributed by atoms with E-state index in [0.717, 1.165) is 32.4 Å². The van der Waals surface area contributed by atoms with Crippen LogP contribution in [0.1, 0.15) is 19.3 Å². The fraction of sp³-hybridized carbons (Fsp3) is 0.538. The molecule has 1 aliphatic heterocycles. The summed E-state index contributed by atoms with van der Waals surface area (Å²) in [5.74, 6) is 0. The van der Waals surface area contributed by atoms with Gasteiger partial charge >= 0.3 is 0 Å². The Morgan fingerprint density at radius 1 is 1.20 bits per heavy atom. The summed E-state index contributed by atoms with van der Waals surface area (Å²) >= 11 is 0. The number of hydrogen-bond donors (Lipinski definition) is 1. The van der Waals surface area contributed by atoms with Crippen LogP contribution in [0.25, 0.3) is 0 Å². The zero-order valence-corrected chi connectivity index (χ0v) is 9.45. The SMILES string of the molecule is CN1CCC(N)(C2=CC=CC=CC2)CC1. The van der Waals surface area contributed by atoms with Gasteiger partial charge in [0, 0.05) is 5.54 Å². The molecule has 2 nitrogen and oxygen atoms in total. The van der Waals surface area contributed by atoms with Crippen molar-refractivity contribution in [2.75, 3.05) is 20.1 Å². The minimum atomic E-state index is -0.0640. The van der Waals surface area contributed by atoms with Gasteiger partial charge in [-0.2, -0.15) is 0 Å². The van der Waals surface area contributed by atoms with Crippen LogP contribution in [-0.4, -0.2) is 30.6 Å². The summed E-state index contributed by atoms with van der Waals surface area (Å²) in [5, 5.41) is 0. The average molecular weight is 204 g/mol. The lowest BCUT2D eigenvalue weighted by Gasteiger charge is -2.39. The maximum absolute atomic E-state index is 6.50. The monoisotopic (exact) mass is 204 g/mol. The van der Waals surface area contributed by atoms with Crippen molar-refractivity contribution in [3.05, 3.63) is 36.0 Å². The van der Waals surface area contributed by atoms with Crippen molar-refractivity contribution in [2.45, 2.75) is 24.8 Å². The Labute approximate surface area is 92.1 Å². The summed E-state index contributed by atoms with van der Waals surface area (Å²) < 4.78 is 0. The number of piperidine rings is 1. The topological polar surface area (TPSA) is 29.3 Å². The van der Waals surface area contributed by atoms with Gasteiger partial charge in [-0.25, -0.2) is 0 Å². The lowest BCUT2D eigenvalue weighted by molar-refractivity contribution is 0.212. The largest absolute Gasteiger partial charge is 0.322 e. The van der Waals surface area contributed by atoms with E-state index in [-0.39, 0.29) is 5.54 Å². The van der Waals surface area contributed by atoms with E-state index in [4.69, 9.17) is 5.73 Å². The molecular weight excluding hydrogens is 184 g/mol. The van der Waals surface area contributed by atoms with E-state index < -0.39 is 0 Å². The Hall–Kier alpha value is -0.860. The van der Waals surface area contributed by atoms with Crippen molar-refractivity contribution in [3.8, 4) is 0 Å². The standard InChI is InChI=1S/C13H20N2/c1-15-10-8-13(14,9-11-15)12-6-4-2-3-5-7-12/h2-6H,7-11,14H2,1H3. The molecular formula is C13H20N2. The summed E-state index contributed by atoms with van der Waals surface area (Å²) in [4.78, 5) is 2.36. The Morgan fingerprint density at radius 3 is 2.67 bits per heavy atom. The van der Waals surface area contributed by atoms with Gasteiger partial charge in [-0.05, 0) is 45.0 Å². The zero-order valence-electron chi connectivity index (χ0n) is 9.45. The first-order valence-corrected chi connectivity index (χ1v) is 5.71. The first kappa shape index (κ1) is 10.7. The van der Waals surface area contributed by atoms with Crippen LogP contribution in [0, 0.1) is 0 Å². The van der Waals surface area contributed by atoms with Gasteiger partial charge < -0.3 is 10.6 Å². The van der Waals surface area contributed by atoms with E-state index in [9.17, 15) is 0 Å². The molecule has 2 rings (SSSR count). The average Bonchev–Trinajstić information content (AvgIpc) is 2.51. The van der Waals surface area contributed by atoms with Gasteiger partial charge in [0.1, 0.15) is 0 Å². The second-order valence-corrected chi connectivity index (χ2v) is 4.67. The molecule has 1 saturated heterocycles. The van der Waals surface area contributed by atoms with Crippen LogP contribution in [0.4, 0.5) is 0 Å². The summed E-state index contributed by atoms with van der Waals surface area (Å²) in [6, 6.07) is 0. The Bertz CT molecular complexity index is 304. The summed E-state index contributed by atoms with van der Waals surface area (Å²) in [5.41, 5.74) is 7.83. The van der Waals surface area contributed by atoms with Gasteiger partial charge in [-0.15, -0.1) is 0 Å². The maximum atomic E-state index is 6.50. The molecule has 0 aromatic heterocycles. The van der Waals surface area contributed by atoms with Crippen molar-refractivity contribution in [1.82, 2.24) is 4.90 Å². The number of nitrogens with zero attached hydrogens (tertiary/aromatic N) is 1. The third-order valence-corrected chi connectivity index (χ3v) is 3.51. The van der Waals surface area contributed by atoms with Crippen molar-refractivity contribution in [1.29, 1.82) is 0 Å². The second kappa shape index (κ2) is 4.33. The molecule has 0 aromatic rings. The van der Waals surface area contributed by atoms with Crippen LogP contribution in [0.5, 0.6) is 0 Å². The molecule has 0 bridgehead atoms. The molecule has 1 aliphatic carbocycles. The van der Waals surface area contributed by atoms with E-state index in [1.165, 1.54) is 5.57 Å². The van der Waals surface area contributed by atoms with E-state index in [1.54, 1.807) is 0 Å². The molecule has 1 fully saturated rings. The quantitative estimate of drug-likeness (QED) is 0.706. The van der Waals surface area contributed by atoms with Crippen LogP contribution < -0.4 is 5.73 Å². The summed E-state index contributed by atoms with van der Waals surface area (Å²) in [6.45, 7) is 2.22. The molecule has 0 spiro atoms. The first-order chi connectivity index (χ1) is 7.21. The second-order valence-electron chi connectivity index (χ2n) is 4.67. The number of allylic oxidation sites excluding steroid dienone is 5. The zero-order chi connectivity index (χ0) is 10.7. The van der Waals surface area contributed by atoms with Gasteiger partial charge in [0.15, 0.2) is 0 Å². The molecule has 0 aromatic carbocycles. The maximum Gasteiger partial charge on any atom is 0.0399 e. The third-order valence-electron chi connectivity index (χ3n) is 3.51. The molecule has 2 N–H and O–H groups in total. The van der Waals surface area contributed by atoms with Crippen LogP contribution in [0.2, 0.25) is 0 Å². The van der Waals surface area contributed by atoms with E-state index in [1.807, 2.05) is 0 Å². The predicted octanol–water partition coefficient (Wildman–Crippen LogP) is 1.85. The molecule has 2 heteroatoms. The molecule has 2 aliphatic rings. The normalized spacial score (nSPS) is 26.1. The lowest BCUT2D eigenvalue weighted by Crippen LogP contribution is -2.50. The summed E-state index contributed by atoms with van der Waals surface area (Å²) in [6.07, 6.45) is 13.8. The van der Waals surface area contributed by atoms with Crippen LogP contribution >= 0.6 is 0 Å². The van der Waals surface area contributed by atoms with Gasteiger partial charge in [0.2, 0.25) is 0 Å². The van der Waals surface area contributed by atoms with Crippen molar-refractivity contribution < 1.29 is 0 Å². The van der Waals surface area contributed by atoms with Gasteiger partial charge in [0.05, 0.1) is 0 Å². The van der Waals surface area contributed by atoms with Crippen molar-refractivity contribution in [3.63, 3.8) is 0 Å². The highest BCUT2D eigenvalue weighted by molar-refractivity contribution is 5.31. The lowest BCUT2D eigenvalue weighted by atomic mass is 9.80. The molecule has 0 amide bonds. The first-order valence-electron chi connectivity index (χ1n) is 5.71. The van der Waals surface area contributed by atoms with Gasteiger partial charge in [0.25, 0.3) is 0 Å². The molecule has 15 heavy (non-hydrogen) atoms. The Kier molecular flexibility index (Phi) is 3.08. The number of hydrogen-bond acceptors (Lipinski definition) is 2. The molecule has 0 saturated carbocycles. The Morgan fingerprint density at radius 2 is 1.93 bits per heavy atom. The predicted molar refractivity (Wildman–Crippen MR) is 64.6 cm³/mol. The van der Waals surface area contributed by atoms with Gasteiger partial charge in [-0.3, -0.25) is 0 Å². The highest BCUT2D eigenvalue weighted by atomic mass is 15.1. The molecule has 82 valence electrons. The highest BCUT2D eigenvalue weighted by Gasteiger charge is 2.32. The molecule has 0 unspecified atom stereocenters. The van der Waals surface area contributed by atoms with Crippen LogP contribution in [-0.2, 0) is 0 Å². The molecule has 0 radical (unpaired) electrons. The minimum Gasteiger partial charge on any atom is -0.322 e. The number of rotatable bonds is 1. The highest BCUT2D eigenvalue weighted by Crippen LogP contribution is 2.29. The smallest absolute Gasteiger partial charge is 0.0399 e. The van der Waals surface area contributed by atoms with E-state index >= 15 is 0 Å². The molecule has 1 heterocycles. The summed E-state index contributed by atoms with van der Waals surface area (Å²) in [7, 11) is 2.17. The van der Waals surface area contributed by atoms with Gasteiger partial charge in [-0.1, -0.05) is 30.4 Å². The minimum absolute atomic E-state index is 0.0640. The van der Waals surface area contributed by atoms with Crippen LogP contribution in [0.15, 0.2) is 36.0 Å². The van der Waals surface area contributed by atoms with Crippen LogP contribution in [0.3, 0.4) is 0 Å². The molecule has 0 atom stereocenters. The fourth-order valence-corrected chi connectivity index (χ4v) is 2.29. The van der Waals surface area contributed by atoms with E-state index in [2.05, 4.69) is 42.3 Å². The fourth-order valence-electron chi connectivity index (χ4n) is 2.29. The van der Waals surface area contributed by atoms with E-state index in [0.29, 0.717) is 0 Å². The number of likely N-dealkylation sites (tertiary alicyclic amines) is 1. The Balaban J connectivity index is 2.11. The van der Waals surface area contributed by atoms with Crippen molar-refractivity contribution >= 4 is 0 Å². The van der Waals surface area contributed by atoms with Crippen molar-refractivity contribution in [2.24, 2.45) is 5.73 Å². The number of nitrogens with two attached hydrogens (primary N) is 1.